The molecule has 0 bridgehead atoms. The van der Waals surface area contributed by atoms with Crippen molar-refractivity contribution in [2.24, 2.45) is 11.8 Å². The van der Waals surface area contributed by atoms with Gasteiger partial charge in [-0.1, -0.05) is 6.42 Å². The maximum absolute atomic E-state index is 13.1. The highest BCUT2D eigenvalue weighted by atomic mass is 32.2. The molecule has 1 saturated carbocycles. The maximum Gasteiger partial charge on any atom is 0.286 e. The van der Waals surface area contributed by atoms with Gasteiger partial charge in [0.15, 0.2) is 5.76 Å². The van der Waals surface area contributed by atoms with E-state index in [2.05, 4.69) is 5.32 Å². The Hall–Kier alpha value is -2.18. The SMILES string of the molecule is COCCNC(=O)C1=C[C@H](C2CCC2)C[C@H](OCCN(CCO)S(=O)(=O)c2ccc(OC)cc2)O1. The zero-order chi connectivity index (χ0) is 25.3. The number of hydrogen-bond acceptors (Lipinski definition) is 8. The molecule has 1 heterocycles. The topological polar surface area (TPSA) is 124 Å². The van der Waals surface area contributed by atoms with Crippen molar-refractivity contribution in [3.8, 4) is 5.75 Å². The number of ether oxygens (including phenoxy) is 4. The second kappa shape index (κ2) is 13.2. The summed E-state index contributed by atoms with van der Waals surface area (Å²) in [7, 11) is -0.769. The monoisotopic (exact) mass is 512 g/mol. The van der Waals surface area contributed by atoms with E-state index in [0.717, 1.165) is 12.8 Å². The number of aliphatic hydroxyl groups excluding tert-OH is 1. The lowest BCUT2D eigenvalue weighted by Crippen LogP contribution is -2.39. The Balaban J connectivity index is 1.61. The van der Waals surface area contributed by atoms with E-state index in [1.54, 1.807) is 19.2 Å². The van der Waals surface area contributed by atoms with Gasteiger partial charge < -0.3 is 29.4 Å². The molecular formula is C24H36N2O8S. The second-order valence-corrected chi connectivity index (χ2v) is 10.5. The first-order valence-corrected chi connectivity index (χ1v) is 13.3. The van der Waals surface area contributed by atoms with Crippen LogP contribution in [-0.2, 0) is 29.0 Å². The van der Waals surface area contributed by atoms with Gasteiger partial charge in [0, 0.05) is 33.2 Å². The van der Waals surface area contributed by atoms with Crippen LogP contribution in [0.15, 0.2) is 41.0 Å². The number of carbonyl (C=O) groups is 1. The molecule has 0 unspecified atom stereocenters. The Morgan fingerprint density at radius 2 is 1.91 bits per heavy atom. The molecule has 2 atom stereocenters. The Bertz CT molecular complexity index is 947. The third kappa shape index (κ3) is 7.40. The number of amides is 1. The van der Waals surface area contributed by atoms with E-state index in [1.165, 1.54) is 30.0 Å². The summed E-state index contributed by atoms with van der Waals surface area (Å²) in [6.45, 7) is 0.454. The van der Waals surface area contributed by atoms with Crippen LogP contribution < -0.4 is 10.1 Å². The predicted molar refractivity (Wildman–Crippen MR) is 128 cm³/mol. The number of hydrogen-bond donors (Lipinski definition) is 2. The van der Waals surface area contributed by atoms with E-state index in [-0.39, 0.29) is 48.8 Å². The number of sulfonamides is 1. The van der Waals surface area contributed by atoms with Crippen molar-refractivity contribution in [2.45, 2.75) is 36.9 Å². The molecule has 1 aromatic carbocycles. The van der Waals surface area contributed by atoms with Crippen LogP contribution in [0.3, 0.4) is 0 Å². The molecule has 1 amide bonds. The lowest BCUT2D eigenvalue weighted by Gasteiger charge is -2.37. The quantitative estimate of drug-likeness (QED) is 0.360. The van der Waals surface area contributed by atoms with E-state index in [1.807, 2.05) is 6.08 Å². The van der Waals surface area contributed by atoms with E-state index in [0.29, 0.717) is 31.2 Å². The van der Waals surface area contributed by atoms with Gasteiger partial charge in [0.2, 0.25) is 16.3 Å². The molecule has 1 fully saturated rings. The first-order chi connectivity index (χ1) is 16.9. The molecule has 11 heteroatoms. The zero-order valence-corrected chi connectivity index (χ0v) is 21.2. The Labute approximate surface area is 207 Å². The van der Waals surface area contributed by atoms with Crippen LogP contribution in [0.25, 0.3) is 0 Å². The summed E-state index contributed by atoms with van der Waals surface area (Å²) < 4.78 is 49.1. The normalized spacial score (nSPS) is 20.6. The fourth-order valence-corrected chi connectivity index (χ4v) is 5.56. The maximum atomic E-state index is 13.1. The first kappa shape index (κ1) is 27.4. The van der Waals surface area contributed by atoms with Crippen molar-refractivity contribution in [1.82, 2.24) is 9.62 Å². The minimum Gasteiger partial charge on any atom is -0.497 e. The lowest BCUT2D eigenvalue weighted by molar-refractivity contribution is -0.152. The minimum absolute atomic E-state index is 0.0297. The fraction of sp³-hybridized carbons (Fsp3) is 0.625. The van der Waals surface area contributed by atoms with Gasteiger partial charge in [-0.15, -0.1) is 0 Å². The largest absolute Gasteiger partial charge is 0.497 e. The van der Waals surface area contributed by atoms with Gasteiger partial charge in [-0.25, -0.2) is 8.42 Å². The number of benzene rings is 1. The molecule has 1 aliphatic heterocycles. The van der Waals surface area contributed by atoms with Gasteiger partial charge in [0.05, 0.1) is 31.8 Å². The second-order valence-electron chi connectivity index (χ2n) is 8.59. The molecule has 0 saturated heterocycles. The molecule has 1 aliphatic carbocycles. The van der Waals surface area contributed by atoms with Gasteiger partial charge >= 0.3 is 0 Å². The van der Waals surface area contributed by atoms with Crippen molar-refractivity contribution in [3.05, 3.63) is 36.1 Å². The molecule has 0 spiro atoms. The van der Waals surface area contributed by atoms with Gasteiger partial charge in [-0.2, -0.15) is 4.31 Å². The number of carbonyl (C=O) groups excluding carboxylic acids is 1. The van der Waals surface area contributed by atoms with Gasteiger partial charge in [0.1, 0.15) is 5.75 Å². The van der Waals surface area contributed by atoms with E-state index < -0.39 is 16.3 Å². The summed E-state index contributed by atoms with van der Waals surface area (Å²) in [5, 5.41) is 12.2. The van der Waals surface area contributed by atoms with Crippen molar-refractivity contribution < 1.29 is 37.3 Å². The summed E-state index contributed by atoms with van der Waals surface area (Å²) in [6, 6.07) is 6.07. The van der Waals surface area contributed by atoms with Crippen LogP contribution in [0.1, 0.15) is 25.7 Å². The van der Waals surface area contributed by atoms with Crippen LogP contribution in [-0.4, -0.2) is 83.7 Å². The minimum atomic E-state index is -3.84. The average molecular weight is 513 g/mol. The third-order valence-electron chi connectivity index (χ3n) is 6.35. The molecule has 2 N–H and O–H groups in total. The highest BCUT2D eigenvalue weighted by Gasteiger charge is 2.35. The zero-order valence-electron chi connectivity index (χ0n) is 20.4. The molecule has 3 rings (SSSR count). The predicted octanol–water partition coefficient (Wildman–Crippen LogP) is 1.50. The van der Waals surface area contributed by atoms with E-state index in [4.69, 9.17) is 18.9 Å². The first-order valence-electron chi connectivity index (χ1n) is 11.9. The third-order valence-corrected chi connectivity index (χ3v) is 8.26. The number of methoxy groups -OCH3 is 2. The standard InChI is InChI=1S/C24H36N2O8S/c1-31-14-10-25-24(28)22-16-19(18-4-3-5-18)17-23(34-22)33-15-12-26(11-13-27)35(29,30)21-8-6-20(32-2)7-9-21/h6-9,16,18-19,23,27H,3-5,10-15,17H2,1-2H3,(H,25,28)/t19-,23+/m0/s1. The van der Waals surface area contributed by atoms with Gasteiger partial charge in [-0.05, 0) is 55.0 Å². The van der Waals surface area contributed by atoms with Crippen molar-refractivity contribution in [2.75, 3.05) is 53.7 Å². The molecule has 1 aromatic rings. The highest BCUT2D eigenvalue weighted by Crippen LogP contribution is 2.39. The average Bonchev–Trinajstić information content (AvgIpc) is 2.82. The van der Waals surface area contributed by atoms with Gasteiger partial charge in [0.25, 0.3) is 5.91 Å². The van der Waals surface area contributed by atoms with Crippen LogP contribution >= 0.6 is 0 Å². The summed E-state index contributed by atoms with van der Waals surface area (Å²) >= 11 is 0. The highest BCUT2D eigenvalue weighted by molar-refractivity contribution is 7.89. The fourth-order valence-electron chi connectivity index (χ4n) is 4.14. The number of rotatable bonds is 14. The summed E-state index contributed by atoms with van der Waals surface area (Å²) in [6.07, 6.45) is 5.22. The van der Waals surface area contributed by atoms with E-state index >= 15 is 0 Å². The molecule has 0 aromatic heterocycles. The van der Waals surface area contributed by atoms with Crippen LogP contribution in [0.4, 0.5) is 0 Å². The molecule has 2 aliphatic rings. The van der Waals surface area contributed by atoms with Crippen molar-refractivity contribution >= 4 is 15.9 Å². The number of allylic oxidation sites excluding steroid dienone is 1. The van der Waals surface area contributed by atoms with Crippen LogP contribution in [0, 0.1) is 11.8 Å². The Kier molecular flexibility index (Phi) is 10.4. The van der Waals surface area contributed by atoms with Crippen molar-refractivity contribution in [1.29, 1.82) is 0 Å². The Morgan fingerprint density at radius 1 is 1.17 bits per heavy atom. The van der Waals surface area contributed by atoms with Crippen LogP contribution in [0.5, 0.6) is 5.75 Å². The Morgan fingerprint density at radius 3 is 2.51 bits per heavy atom. The van der Waals surface area contributed by atoms with E-state index in [9.17, 15) is 18.3 Å². The number of aliphatic hydroxyl groups is 1. The van der Waals surface area contributed by atoms with Crippen LogP contribution in [0.2, 0.25) is 0 Å². The summed E-state index contributed by atoms with van der Waals surface area (Å²) in [5.74, 6) is 1.12. The molecule has 35 heavy (non-hydrogen) atoms. The van der Waals surface area contributed by atoms with Crippen molar-refractivity contribution in [3.63, 3.8) is 0 Å². The summed E-state index contributed by atoms with van der Waals surface area (Å²) in [5.41, 5.74) is 0. The molecule has 10 nitrogen and oxygen atoms in total. The molecular weight excluding hydrogens is 476 g/mol. The summed E-state index contributed by atoms with van der Waals surface area (Å²) in [4.78, 5) is 12.7. The molecule has 196 valence electrons. The van der Waals surface area contributed by atoms with Gasteiger partial charge in [-0.3, -0.25) is 4.79 Å². The lowest BCUT2D eigenvalue weighted by atomic mass is 9.73. The molecule has 0 radical (unpaired) electrons. The number of nitrogens with one attached hydrogen (secondary N) is 1. The smallest absolute Gasteiger partial charge is 0.286 e. The number of nitrogens with zero attached hydrogens (tertiary/aromatic N) is 1.